The second-order valence-corrected chi connectivity index (χ2v) is 6.91. The molecular formula is C16H19N5O. The summed E-state index contributed by atoms with van der Waals surface area (Å²) in [5.74, 6) is 1.32. The SMILES string of the molecule is O=C(NC1C2CCC(CC2)[C@@]12CN2)c1cnn2ncccc12. The van der Waals surface area contributed by atoms with Gasteiger partial charge in [0, 0.05) is 12.7 Å². The zero-order chi connectivity index (χ0) is 14.7. The molecule has 6 heteroatoms. The van der Waals surface area contributed by atoms with E-state index < -0.39 is 0 Å². The molecular weight excluding hydrogens is 278 g/mol. The molecule has 6 nitrogen and oxygen atoms in total. The van der Waals surface area contributed by atoms with E-state index >= 15 is 0 Å². The molecule has 2 aromatic rings. The molecule has 1 spiro atoms. The third-order valence-electron chi connectivity index (χ3n) is 5.95. The second-order valence-electron chi connectivity index (χ2n) is 6.91. The van der Waals surface area contributed by atoms with E-state index in [4.69, 9.17) is 0 Å². The summed E-state index contributed by atoms with van der Waals surface area (Å²) in [6, 6.07) is 3.98. The van der Waals surface area contributed by atoms with Crippen LogP contribution < -0.4 is 10.6 Å². The zero-order valence-electron chi connectivity index (χ0n) is 12.3. The highest BCUT2D eigenvalue weighted by Gasteiger charge is 2.61. The van der Waals surface area contributed by atoms with E-state index in [1.807, 2.05) is 12.1 Å². The molecule has 114 valence electrons. The Labute approximate surface area is 128 Å². The van der Waals surface area contributed by atoms with Crippen LogP contribution in [0.3, 0.4) is 0 Å². The lowest BCUT2D eigenvalue weighted by Crippen LogP contribution is -2.60. The highest BCUT2D eigenvalue weighted by Crippen LogP contribution is 2.51. The summed E-state index contributed by atoms with van der Waals surface area (Å²) in [6.07, 6.45) is 8.40. The molecule has 2 bridgehead atoms. The molecule has 1 amide bonds. The predicted octanol–water partition coefficient (Wildman–Crippen LogP) is 0.990. The van der Waals surface area contributed by atoms with Gasteiger partial charge in [0.2, 0.25) is 0 Å². The van der Waals surface area contributed by atoms with Crippen molar-refractivity contribution in [2.75, 3.05) is 6.54 Å². The second kappa shape index (κ2) is 4.29. The first kappa shape index (κ1) is 12.6. The molecule has 1 aliphatic heterocycles. The molecule has 2 N–H and O–H groups in total. The minimum absolute atomic E-state index is 0.0198. The molecule has 22 heavy (non-hydrogen) atoms. The number of nitrogens with zero attached hydrogens (tertiary/aromatic N) is 3. The van der Waals surface area contributed by atoms with E-state index in [0.717, 1.165) is 18.0 Å². The van der Waals surface area contributed by atoms with Gasteiger partial charge in [0.05, 0.1) is 23.3 Å². The first-order valence-corrected chi connectivity index (χ1v) is 8.13. The van der Waals surface area contributed by atoms with Crippen LogP contribution in [-0.4, -0.2) is 38.9 Å². The number of nitrogens with one attached hydrogen (secondary N) is 2. The molecule has 4 aliphatic rings. The maximum absolute atomic E-state index is 12.8. The smallest absolute Gasteiger partial charge is 0.255 e. The number of hydrogen-bond acceptors (Lipinski definition) is 4. The molecule has 3 aliphatic carbocycles. The largest absolute Gasteiger partial charge is 0.347 e. The van der Waals surface area contributed by atoms with Crippen LogP contribution in [0, 0.1) is 11.8 Å². The maximum atomic E-state index is 12.8. The lowest BCUT2D eigenvalue weighted by atomic mass is 9.61. The molecule has 3 saturated carbocycles. The number of rotatable bonds is 2. The molecule has 1 unspecified atom stereocenters. The normalized spacial score (nSPS) is 35.9. The van der Waals surface area contributed by atoms with Crippen molar-refractivity contribution in [2.24, 2.45) is 11.8 Å². The van der Waals surface area contributed by atoms with Gasteiger partial charge < -0.3 is 10.6 Å². The Hall–Kier alpha value is -1.95. The molecule has 6 rings (SSSR count). The van der Waals surface area contributed by atoms with Crippen LogP contribution in [0.25, 0.3) is 5.52 Å². The van der Waals surface area contributed by atoms with E-state index in [1.54, 1.807) is 12.4 Å². The highest BCUT2D eigenvalue weighted by atomic mass is 16.1. The van der Waals surface area contributed by atoms with Crippen molar-refractivity contribution in [3.05, 3.63) is 30.1 Å². The summed E-state index contributed by atoms with van der Waals surface area (Å²) in [6.45, 7) is 1.05. The average Bonchev–Trinajstić information content (AvgIpc) is 3.21. The number of amides is 1. The highest BCUT2D eigenvalue weighted by molar-refractivity contribution is 6.00. The van der Waals surface area contributed by atoms with Gasteiger partial charge in [-0.1, -0.05) is 0 Å². The van der Waals surface area contributed by atoms with Crippen LogP contribution in [0.15, 0.2) is 24.5 Å². The van der Waals surface area contributed by atoms with Crippen molar-refractivity contribution in [3.63, 3.8) is 0 Å². The summed E-state index contributed by atoms with van der Waals surface area (Å²) >= 11 is 0. The topological polar surface area (TPSA) is 81.2 Å². The molecule has 2 atom stereocenters. The van der Waals surface area contributed by atoms with Gasteiger partial charge in [-0.2, -0.15) is 14.8 Å². The summed E-state index contributed by atoms with van der Waals surface area (Å²) < 4.78 is 1.51. The standard InChI is InChI=1S/C16H19N5O/c22-15(12-8-19-21-13(12)2-1-7-18-21)20-14-10-3-5-11(6-4-10)16(14)9-17-16/h1-2,7-8,10-11,14,17H,3-6,9H2,(H,20,22)/t10?,11?,14?,16-/m0/s1. The van der Waals surface area contributed by atoms with E-state index in [1.165, 1.54) is 30.3 Å². The monoisotopic (exact) mass is 297 g/mol. The van der Waals surface area contributed by atoms with Gasteiger partial charge in [-0.15, -0.1) is 0 Å². The first-order valence-electron chi connectivity index (χ1n) is 8.13. The molecule has 0 aromatic carbocycles. The van der Waals surface area contributed by atoms with E-state index in [2.05, 4.69) is 20.8 Å². The number of carbonyl (C=O) groups excluding carboxylic acids is 1. The van der Waals surface area contributed by atoms with E-state index in [0.29, 0.717) is 11.5 Å². The van der Waals surface area contributed by atoms with Gasteiger partial charge >= 0.3 is 0 Å². The molecule has 3 heterocycles. The Morgan fingerprint density at radius 1 is 1.32 bits per heavy atom. The summed E-state index contributed by atoms with van der Waals surface area (Å²) in [5, 5.41) is 15.2. The van der Waals surface area contributed by atoms with Crippen molar-refractivity contribution < 1.29 is 4.79 Å². The molecule has 0 radical (unpaired) electrons. The number of aromatic nitrogens is 3. The Bertz CT molecular complexity index is 742. The lowest BCUT2D eigenvalue weighted by molar-refractivity contribution is 0.0635. The number of carbonyl (C=O) groups is 1. The van der Waals surface area contributed by atoms with Gasteiger partial charge in [0.1, 0.15) is 5.52 Å². The van der Waals surface area contributed by atoms with Crippen LogP contribution in [0.2, 0.25) is 0 Å². The summed E-state index contributed by atoms with van der Waals surface area (Å²) in [4.78, 5) is 12.8. The maximum Gasteiger partial charge on any atom is 0.255 e. The lowest BCUT2D eigenvalue weighted by Gasteiger charge is -2.48. The third kappa shape index (κ3) is 1.61. The van der Waals surface area contributed by atoms with Gasteiger partial charge in [-0.3, -0.25) is 4.79 Å². The van der Waals surface area contributed by atoms with Gasteiger partial charge in [0.25, 0.3) is 5.91 Å². The molecule has 4 fully saturated rings. The average molecular weight is 297 g/mol. The predicted molar refractivity (Wildman–Crippen MR) is 80.4 cm³/mol. The Kier molecular flexibility index (Phi) is 2.45. The van der Waals surface area contributed by atoms with Crippen molar-refractivity contribution in [1.29, 1.82) is 0 Å². The van der Waals surface area contributed by atoms with Gasteiger partial charge in [-0.25, -0.2) is 0 Å². The van der Waals surface area contributed by atoms with Crippen molar-refractivity contribution in [1.82, 2.24) is 25.5 Å². The quantitative estimate of drug-likeness (QED) is 0.810. The van der Waals surface area contributed by atoms with Crippen LogP contribution in [0.5, 0.6) is 0 Å². The van der Waals surface area contributed by atoms with Crippen LogP contribution in [0.1, 0.15) is 36.0 Å². The fourth-order valence-electron chi connectivity index (χ4n) is 4.73. The Balaban J connectivity index is 1.45. The fraction of sp³-hybridized carbons (Fsp3) is 0.562. The van der Waals surface area contributed by atoms with E-state index in [-0.39, 0.29) is 17.5 Å². The van der Waals surface area contributed by atoms with Crippen LogP contribution in [-0.2, 0) is 0 Å². The molecule has 2 aromatic heterocycles. The first-order chi connectivity index (χ1) is 10.8. The minimum Gasteiger partial charge on any atom is -0.347 e. The summed E-state index contributed by atoms with van der Waals surface area (Å²) in [7, 11) is 0. The van der Waals surface area contributed by atoms with Crippen molar-refractivity contribution >= 4 is 11.4 Å². The fourth-order valence-corrected chi connectivity index (χ4v) is 4.73. The Morgan fingerprint density at radius 2 is 2.14 bits per heavy atom. The van der Waals surface area contributed by atoms with Gasteiger partial charge in [0.15, 0.2) is 0 Å². The summed E-state index contributed by atoms with van der Waals surface area (Å²) in [5.41, 5.74) is 1.56. The zero-order valence-corrected chi connectivity index (χ0v) is 12.3. The van der Waals surface area contributed by atoms with E-state index in [9.17, 15) is 4.79 Å². The van der Waals surface area contributed by atoms with Crippen molar-refractivity contribution in [3.8, 4) is 0 Å². The van der Waals surface area contributed by atoms with Crippen LogP contribution >= 0.6 is 0 Å². The number of fused-ring (bicyclic) bond motifs is 3. The molecule has 1 saturated heterocycles. The van der Waals surface area contributed by atoms with Gasteiger partial charge in [-0.05, 0) is 49.7 Å². The van der Waals surface area contributed by atoms with Crippen molar-refractivity contribution in [2.45, 2.75) is 37.3 Å². The number of hydrogen-bond donors (Lipinski definition) is 2. The third-order valence-corrected chi connectivity index (χ3v) is 5.95. The van der Waals surface area contributed by atoms with Crippen LogP contribution in [0.4, 0.5) is 0 Å². The Morgan fingerprint density at radius 3 is 2.91 bits per heavy atom. The minimum atomic E-state index is -0.0198.